The van der Waals surface area contributed by atoms with Gasteiger partial charge in [-0.1, -0.05) is 48.7 Å². The van der Waals surface area contributed by atoms with E-state index in [9.17, 15) is 4.79 Å². The summed E-state index contributed by atoms with van der Waals surface area (Å²) in [6.07, 6.45) is 8.28. The van der Waals surface area contributed by atoms with Crippen molar-refractivity contribution in [2.24, 2.45) is 17.9 Å². The summed E-state index contributed by atoms with van der Waals surface area (Å²) in [7, 11) is 2.03. The summed E-state index contributed by atoms with van der Waals surface area (Å²) in [4.78, 5) is 22.7. The monoisotopic (exact) mass is 488 g/mol. The van der Waals surface area contributed by atoms with Crippen LogP contribution in [0.5, 0.6) is 0 Å². The molecule has 0 bridgehead atoms. The Morgan fingerprint density at radius 2 is 1.69 bits per heavy atom. The van der Waals surface area contributed by atoms with Gasteiger partial charge in [-0.3, -0.25) is 9.69 Å². The van der Waals surface area contributed by atoms with Crippen LogP contribution in [0.3, 0.4) is 0 Å². The highest BCUT2D eigenvalue weighted by Gasteiger charge is 2.27. The van der Waals surface area contributed by atoms with Gasteiger partial charge in [0.15, 0.2) is 5.84 Å². The number of rotatable bonds is 6. The van der Waals surface area contributed by atoms with E-state index in [2.05, 4.69) is 14.6 Å². The number of benzene rings is 2. The van der Waals surface area contributed by atoms with Gasteiger partial charge in [-0.25, -0.2) is 4.98 Å². The first-order chi connectivity index (χ1) is 17.5. The number of nitrogens with zero attached hydrogens (tertiary/aromatic N) is 5. The maximum atomic E-state index is 13.3. The molecule has 1 amide bonds. The van der Waals surface area contributed by atoms with E-state index in [0.717, 1.165) is 67.0 Å². The van der Waals surface area contributed by atoms with Crippen molar-refractivity contribution in [3.8, 4) is 0 Å². The molecule has 3 N–H and O–H groups in total. The normalized spacial score (nSPS) is 18.1. The van der Waals surface area contributed by atoms with Gasteiger partial charge in [-0.2, -0.15) is 0 Å². The lowest BCUT2D eigenvalue weighted by Gasteiger charge is -2.40. The lowest BCUT2D eigenvalue weighted by molar-refractivity contribution is 0.0523. The van der Waals surface area contributed by atoms with Crippen molar-refractivity contribution < 1.29 is 10.0 Å². The molecule has 1 aliphatic heterocycles. The van der Waals surface area contributed by atoms with E-state index in [-0.39, 0.29) is 11.7 Å². The van der Waals surface area contributed by atoms with Crippen LogP contribution in [-0.4, -0.2) is 68.5 Å². The lowest BCUT2D eigenvalue weighted by atomic mass is 9.94. The highest BCUT2D eigenvalue weighted by Crippen LogP contribution is 2.24. The number of aryl methyl sites for hydroxylation is 3. The molecule has 0 spiro atoms. The molecule has 0 unspecified atom stereocenters. The predicted octanol–water partition coefficient (Wildman–Crippen LogP) is 3.54. The van der Waals surface area contributed by atoms with Gasteiger partial charge in [-0.05, 0) is 43.0 Å². The molecule has 1 saturated carbocycles. The molecule has 0 radical (unpaired) electrons. The highest BCUT2D eigenvalue weighted by molar-refractivity contribution is 5.98. The largest absolute Gasteiger partial charge is 0.409 e. The van der Waals surface area contributed by atoms with Crippen LogP contribution < -0.4 is 5.73 Å². The van der Waals surface area contributed by atoms with Crippen molar-refractivity contribution in [2.45, 2.75) is 51.0 Å². The number of carbonyl (C=O) groups is 1. The zero-order valence-electron chi connectivity index (χ0n) is 21.1. The number of hydrogen-bond acceptors (Lipinski definition) is 5. The summed E-state index contributed by atoms with van der Waals surface area (Å²) in [5.41, 5.74) is 10.1. The Bertz CT molecular complexity index is 1230. The average molecular weight is 489 g/mol. The zero-order chi connectivity index (χ0) is 25.1. The first kappa shape index (κ1) is 24.3. The first-order valence-corrected chi connectivity index (χ1v) is 13.1. The number of aromatic nitrogens is 2. The van der Waals surface area contributed by atoms with Crippen molar-refractivity contribution >= 4 is 22.8 Å². The number of carbonyl (C=O) groups excluding carboxylic acids is 1. The number of imidazole rings is 1. The Morgan fingerprint density at radius 1 is 1.00 bits per heavy atom. The van der Waals surface area contributed by atoms with Crippen molar-refractivity contribution in [1.29, 1.82) is 0 Å². The van der Waals surface area contributed by atoms with Gasteiger partial charge >= 0.3 is 0 Å². The molecule has 36 heavy (non-hydrogen) atoms. The molecule has 2 heterocycles. The van der Waals surface area contributed by atoms with E-state index < -0.39 is 0 Å². The second kappa shape index (κ2) is 10.7. The number of nitrogens with two attached hydrogens (primary N) is 1. The fraction of sp³-hybridized carbons (Fsp3) is 0.464. The van der Waals surface area contributed by atoms with Crippen molar-refractivity contribution in [3.05, 3.63) is 65.0 Å². The highest BCUT2D eigenvalue weighted by atomic mass is 16.4. The minimum atomic E-state index is 0.105. The molecule has 5 rings (SSSR count). The van der Waals surface area contributed by atoms with Crippen molar-refractivity contribution in [1.82, 2.24) is 19.4 Å². The van der Waals surface area contributed by atoms with Gasteiger partial charge in [0.25, 0.3) is 5.91 Å². The average Bonchev–Trinajstić information content (AvgIpc) is 3.26. The lowest BCUT2D eigenvalue weighted by Crippen LogP contribution is -2.52. The molecule has 0 atom stereocenters. The van der Waals surface area contributed by atoms with E-state index in [1.54, 1.807) is 0 Å². The van der Waals surface area contributed by atoms with E-state index in [1.165, 1.54) is 32.1 Å². The Hall–Kier alpha value is -3.39. The van der Waals surface area contributed by atoms with Crippen LogP contribution >= 0.6 is 0 Å². The minimum absolute atomic E-state index is 0.105. The van der Waals surface area contributed by atoms with E-state index in [1.807, 2.05) is 54.4 Å². The van der Waals surface area contributed by atoms with E-state index >= 15 is 0 Å². The van der Waals surface area contributed by atoms with Crippen LogP contribution in [0.4, 0.5) is 0 Å². The van der Waals surface area contributed by atoms with E-state index in [0.29, 0.717) is 11.6 Å². The number of amides is 1. The fourth-order valence-corrected chi connectivity index (χ4v) is 5.68. The summed E-state index contributed by atoms with van der Waals surface area (Å²) < 4.78 is 2.11. The Balaban J connectivity index is 1.22. The molecule has 1 saturated heterocycles. The second-order valence-electron chi connectivity index (χ2n) is 10.1. The van der Waals surface area contributed by atoms with Crippen LogP contribution in [0.15, 0.2) is 47.6 Å². The molecule has 3 aromatic rings. The summed E-state index contributed by atoms with van der Waals surface area (Å²) in [6, 6.07) is 14.3. The van der Waals surface area contributed by atoms with Gasteiger partial charge in [0.05, 0.1) is 11.0 Å². The maximum absolute atomic E-state index is 13.3. The Labute approximate surface area is 212 Å². The van der Waals surface area contributed by atoms with E-state index in [4.69, 9.17) is 15.9 Å². The fourth-order valence-electron chi connectivity index (χ4n) is 5.68. The van der Waals surface area contributed by atoms with Crippen LogP contribution in [0, 0.1) is 0 Å². The molecule has 1 aliphatic carbocycles. The van der Waals surface area contributed by atoms with Gasteiger partial charge in [0, 0.05) is 56.8 Å². The Kier molecular flexibility index (Phi) is 7.23. The summed E-state index contributed by atoms with van der Waals surface area (Å²) in [5, 5.41) is 11.9. The summed E-state index contributed by atoms with van der Waals surface area (Å²) >= 11 is 0. The molecule has 8 heteroatoms. The molecule has 190 valence electrons. The van der Waals surface area contributed by atoms with Gasteiger partial charge < -0.3 is 20.4 Å². The smallest absolute Gasteiger partial charge is 0.254 e. The summed E-state index contributed by atoms with van der Waals surface area (Å²) in [5.74, 6) is 1.20. The molecule has 2 aromatic carbocycles. The van der Waals surface area contributed by atoms with Crippen molar-refractivity contribution in [3.63, 3.8) is 0 Å². The third-order valence-electron chi connectivity index (χ3n) is 7.91. The first-order valence-electron chi connectivity index (χ1n) is 13.1. The molecular weight excluding hydrogens is 452 g/mol. The number of piperazine rings is 1. The standard InChI is InChI=1S/C28H36N6O2/c1-32-25-13-12-22(28(35)34-17-15-33(16-18-34)23-5-3-2-4-6-23)19-24(25)30-26(32)14-9-20-7-10-21(11-8-20)27(29)31-36/h7-8,10-13,19,23,36H,2-6,9,14-18H2,1H3,(H2,29,31). The minimum Gasteiger partial charge on any atom is -0.409 e. The predicted molar refractivity (Wildman–Crippen MR) is 141 cm³/mol. The SMILES string of the molecule is Cn1c(CCc2ccc(C(N)=NO)cc2)nc2cc(C(=O)N3CCN(C4CCCCC4)CC3)ccc21. The third-order valence-corrected chi connectivity index (χ3v) is 7.91. The molecule has 8 nitrogen and oxygen atoms in total. The zero-order valence-corrected chi connectivity index (χ0v) is 21.1. The van der Waals surface area contributed by atoms with Crippen LogP contribution in [-0.2, 0) is 19.9 Å². The van der Waals surface area contributed by atoms with Gasteiger partial charge in [0.1, 0.15) is 5.82 Å². The second-order valence-corrected chi connectivity index (χ2v) is 10.1. The topological polar surface area (TPSA) is 100.0 Å². The van der Waals surface area contributed by atoms with Crippen LogP contribution in [0.1, 0.15) is 59.4 Å². The molecule has 2 fully saturated rings. The van der Waals surface area contributed by atoms with Crippen LogP contribution in [0.25, 0.3) is 11.0 Å². The maximum Gasteiger partial charge on any atom is 0.254 e. The molecule has 2 aliphatic rings. The number of hydrogen-bond donors (Lipinski definition) is 2. The number of fused-ring (bicyclic) bond motifs is 1. The van der Waals surface area contributed by atoms with Gasteiger partial charge in [-0.15, -0.1) is 0 Å². The molecule has 1 aromatic heterocycles. The molecular formula is C28H36N6O2. The Morgan fingerprint density at radius 3 is 2.39 bits per heavy atom. The number of oxime groups is 1. The van der Waals surface area contributed by atoms with Crippen molar-refractivity contribution in [2.75, 3.05) is 26.2 Å². The quantitative estimate of drug-likeness (QED) is 0.239. The summed E-state index contributed by atoms with van der Waals surface area (Å²) in [6.45, 7) is 3.56. The third kappa shape index (κ3) is 5.09. The van der Waals surface area contributed by atoms with Gasteiger partial charge in [0.2, 0.25) is 0 Å². The number of amidine groups is 1. The van der Waals surface area contributed by atoms with Crippen LogP contribution in [0.2, 0.25) is 0 Å².